The molecule has 1 saturated heterocycles. The second-order valence-electron chi connectivity index (χ2n) is 8.59. The fourth-order valence-electron chi connectivity index (χ4n) is 5.13. The van der Waals surface area contributed by atoms with Crippen molar-refractivity contribution in [3.63, 3.8) is 0 Å². The van der Waals surface area contributed by atoms with E-state index in [1.54, 1.807) is 23.2 Å². The number of halogens is 3. The number of sulfone groups is 1. The molecule has 0 unspecified atom stereocenters. The fourth-order valence-corrected chi connectivity index (χ4v) is 6.71. The number of nitrogens with one attached hydrogen (secondary N) is 1. The molecule has 2 aromatic rings. The van der Waals surface area contributed by atoms with Gasteiger partial charge in [-0.25, -0.2) is 17.8 Å². The fraction of sp³-hybridized carbons (Fsp3) is 0.455. The third-order valence-electron chi connectivity index (χ3n) is 6.75. The Bertz CT molecular complexity index is 1160. The van der Waals surface area contributed by atoms with E-state index < -0.39 is 9.84 Å². The van der Waals surface area contributed by atoms with E-state index in [0.717, 1.165) is 48.3 Å². The van der Waals surface area contributed by atoms with E-state index in [1.165, 1.54) is 6.07 Å². The zero-order valence-electron chi connectivity index (χ0n) is 17.3. The number of hydrogen-bond acceptors (Lipinski definition) is 5. The lowest BCUT2D eigenvalue weighted by molar-refractivity contribution is 0.0767. The predicted octanol–water partition coefficient (Wildman–Crippen LogP) is 4.77. The Balaban J connectivity index is 0.00000245. The number of amides is 1. The van der Waals surface area contributed by atoms with E-state index in [9.17, 15) is 17.6 Å². The molecule has 6 nitrogen and oxygen atoms in total. The summed E-state index contributed by atoms with van der Waals surface area (Å²) < 4.78 is 37.5. The van der Waals surface area contributed by atoms with Crippen LogP contribution in [-0.2, 0) is 9.84 Å². The summed E-state index contributed by atoms with van der Waals surface area (Å²) in [4.78, 5) is 19.6. The van der Waals surface area contributed by atoms with Crippen molar-refractivity contribution in [1.82, 2.24) is 9.88 Å². The van der Waals surface area contributed by atoms with Crippen LogP contribution in [0.4, 0.5) is 15.9 Å². The third-order valence-corrected chi connectivity index (χ3v) is 8.96. The number of carbonyl (C=O) groups is 1. The quantitative estimate of drug-likeness (QED) is 0.602. The Kier molecular flexibility index (Phi) is 6.53. The molecule has 1 aromatic carbocycles. The van der Waals surface area contributed by atoms with E-state index in [-0.39, 0.29) is 48.7 Å². The van der Waals surface area contributed by atoms with Gasteiger partial charge in [0.15, 0.2) is 9.84 Å². The summed E-state index contributed by atoms with van der Waals surface area (Å²) in [5.74, 6) is 0.954. The van der Waals surface area contributed by atoms with E-state index >= 15 is 0 Å². The molecule has 2 fully saturated rings. The summed E-state index contributed by atoms with van der Waals surface area (Å²) in [6.45, 7) is 0.460. The first-order valence-corrected chi connectivity index (χ1v) is 13.2. The highest BCUT2D eigenvalue weighted by atomic mass is 79.9. The van der Waals surface area contributed by atoms with Crippen molar-refractivity contribution >= 4 is 55.6 Å². The van der Waals surface area contributed by atoms with Crippen molar-refractivity contribution in [2.45, 2.75) is 37.5 Å². The van der Waals surface area contributed by atoms with E-state index in [4.69, 9.17) is 0 Å². The van der Waals surface area contributed by atoms with Gasteiger partial charge in [0.2, 0.25) is 0 Å². The minimum atomic E-state index is -3.06. The van der Waals surface area contributed by atoms with Gasteiger partial charge < -0.3 is 10.2 Å². The number of fused-ring (bicyclic) bond motifs is 2. The lowest BCUT2D eigenvalue weighted by atomic mass is 9.66. The number of benzene rings is 1. The molecule has 3 aliphatic carbocycles. The summed E-state index contributed by atoms with van der Waals surface area (Å²) in [5.41, 5.74) is 3.50. The van der Waals surface area contributed by atoms with Crippen LogP contribution in [0, 0.1) is 5.82 Å². The predicted molar refractivity (Wildman–Crippen MR) is 127 cm³/mol. The van der Waals surface area contributed by atoms with Gasteiger partial charge in [-0.15, -0.1) is 12.4 Å². The normalized spacial score (nSPS) is 23.2. The maximum absolute atomic E-state index is 13.6. The number of hydrogen-bond donors (Lipinski definition) is 1. The molecular formula is C22H24BrClFN3O3S. The van der Waals surface area contributed by atoms with Crippen LogP contribution < -0.4 is 5.32 Å². The smallest absolute Gasteiger partial charge is 0.255 e. The molecule has 2 bridgehead atoms. The SMILES string of the molecule is Cl.O=C(c1cnc(Nc2ccc(F)c(Br)c2)c2c1C1CCC2CC1)N1CCS(=O)(=O)CC1. The number of pyridine rings is 1. The van der Waals surface area contributed by atoms with Gasteiger partial charge in [0.25, 0.3) is 5.91 Å². The lowest BCUT2D eigenvalue weighted by Gasteiger charge is -2.40. The Morgan fingerprint density at radius 3 is 2.34 bits per heavy atom. The Morgan fingerprint density at radius 1 is 1.09 bits per heavy atom. The third kappa shape index (κ3) is 4.26. The molecule has 0 radical (unpaired) electrons. The van der Waals surface area contributed by atoms with Gasteiger partial charge in [0, 0.05) is 30.5 Å². The molecule has 2 heterocycles. The number of aromatic nitrogens is 1. The second-order valence-corrected chi connectivity index (χ2v) is 11.8. The van der Waals surface area contributed by atoms with Crippen LogP contribution >= 0.6 is 28.3 Å². The van der Waals surface area contributed by atoms with Crippen molar-refractivity contribution in [2.24, 2.45) is 0 Å². The number of anilines is 2. The lowest BCUT2D eigenvalue weighted by Crippen LogP contribution is -2.44. The Morgan fingerprint density at radius 2 is 1.72 bits per heavy atom. The van der Waals surface area contributed by atoms with Crippen LogP contribution in [0.25, 0.3) is 0 Å². The monoisotopic (exact) mass is 543 g/mol. The number of carbonyl (C=O) groups excluding carboxylic acids is 1. The zero-order valence-corrected chi connectivity index (χ0v) is 20.5. The topological polar surface area (TPSA) is 79.4 Å². The first kappa shape index (κ1) is 23.4. The van der Waals surface area contributed by atoms with Crippen LogP contribution in [-0.4, -0.2) is 48.8 Å². The molecule has 1 aromatic heterocycles. The summed E-state index contributed by atoms with van der Waals surface area (Å²) in [5, 5.41) is 3.33. The molecule has 32 heavy (non-hydrogen) atoms. The number of nitrogens with zero attached hydrogens (tertiary/aromatic N) is 2. The first-order chi connectivity index (χ1) is 14.8. The number of rotatable bonds is 3. The Hall–Kier alpha value is -1.71. The molecule has 10 heteroatoms. The van der Waals surface area contributed by atoms with Crippen LogP contribution in [0.15, 0.2) is 28.9 Å². The van der Waals surface area contributed by atoms with Crippen molar-refractivity contribution in [1.29, 1.82) is 0 Å². The Labute approximate surface area is 201 Å². The van der Waals surface area contributed by atoms with Crippen LogP contribution in [0.1, 0.15) is 59.0 Å². The minimum absolute atomic E-state index is 0. The maximum atomic E-state index is 13.6. The summed E-state index contributed by atoms with van der Waals surface area (Å²) >= 11 is 3.22. The molecule has 1 saturated carbocycles. The van der Waals surface area contributed by atoms with Gasteiger partial charge in [-0.1, -0.05) is 0 Å². The second kappa shape index (κ2) is 8.91. The minimum Gasteiger partial charge on any atom is -0.340 e. The molecule has 0 atom stereocenters. The van der Waals surface area contributed by atoms with Crippen molar-refractivity contribution in [3.05, 3.63) is 51.4 Å². The zero-order chi connectivity index (χ0) is 21.8. The first-order valence-electron chi connectivity index (χ1n) is 10.6. The van der Waals surface area contributed by atoms with Gasteiger partial charge in [-0.05, 0) is 77.2 Å². The maximum Gasteiger partial charge on any atom is 0.255 e. The van der Waals surface area contributed by atoms with Gasteiger partial charge >= 0.3 is 0 Å². The molecule has 1 amide bonds. The van der Waals surface area contributed by atoms with Gasteiger partial charge in [0.1, 0.15) is 11.6 Å². The average Bonchev–Trinajstić information content (AvgIpc) is 2.77. The van der Waals surface area contributed by atoms with Crippen molar-refractivity contribution in [2.75, 3.05) is 29.9 Å². The molecule has 6 rings (SSSR count). The molecule has 1 aliphatic heterocycles. The summed E-state index contributed by atoms with van der Waals surface area (Å²) in [6.07, 6.45) is 5.88. The van der Waals surface area contributed by atoms with E-state index in [1.807, 2.05) is 0 Å². The van der Waals surface area contributed by atoms with Gasteiger partial charge in [-0.3, -0.25) is 4.79 Å². The van der Waals surface area contributed by atoms with Crippen LogP contribution in [0.5, 0.6) is 0 Å². The summed E-state index contributed by atoms with van der Waals surface area (Å²) in [7, 11) is -3.06. The van der Waals surface area contributed by atoms with Crippen molar-refractivity contribution in [3.8, 4) is 0 Å². The van der Waals surface area contributed by atoms with Gasteiger partial charge in [0.05, 0.1) is 21.5 Å². The van der Waals surface area contributed by atoms with E-state index in [2.05, 4.69) is 26.2 Å². The van der Waals surface area contributed by atoms with Crippen LogP contribution in [0.3, 0.4) is 0 Å². The molecule has 0 spiro atoms. The molecular weight excluding hydrogens is 521 g/mol. The highest BCUT2D eigenvalue weighted by molar-refractivity contribution is 9.10. The highest BCUT2D eigenvalue weighted by Crippen LogP contribution is 2.52. The van der Waals surface area contributed by atoms with E-state index in [0.29, 0.717) is 21.9 Å². The van der Waals surface area contributed by atoms with Crippen LogP contribution in [0.2, 0.25) is 0 Å². The summed E-state index contributed by atoms with van der Waals surface area (Å²) in [6, 6.07) is 4.74. The largest absolute Gasteiger partial charge is 0.340 e. The van der Waals surface area contributed by atoms with Crippen molar-refractivity contribution < 1.29 is 17.6 Å². The average molecular weight is 545 g/mol. The molecule has 1 N–H and O–H groups in total. The molecule has 4 aliphatic rings. The highest BCUT2D eigenvalue weighted by Gasteiger charge is 2.39. The standard InChI is InChI=1S/C22H23BrFN3O3S.ClH/c23-17-11-15(5-6-18(17)24)26-21-20-14-3-1-13(2-4-14)19(20)16(12-25-21)22(28)27-7-9-31(29,30)10-8-27;/h5-6,11-14H,1-4,7-10H2,(H,25,26);1H. The van der Waals surface area contributed by atoms with Gasteiger partial charge in [-0.2, -0.15) is 0 Å². The molecule has 172 valence electrons.